The molecular weight excluding hydrogens is 258 g/mol. The van der Waals surface area contributed by atoms with Gasteiger partial charge in [-0.3, -0.25) is 0 Å². The van der Waals surface area contributed by atoms with Gasteiger partial charge in [0, 0.05) is 32.2 Å². The summed E-state index contributed by atoms with van der Waals surface area (Å²) in [5, 5.41) is 9.84. The highest BCUT2D eigenvalue weighted by Crippen LogP contribution is 2.39. The Kier molecular flexibility index (Phi) is 4.74. The van der Waals surface area contributed by atoms with Crippen LogP contribution in [-0.4, -0.2) is 48.5 Å². The van der Waals surface area contributed by atoms with Crippen LogP contribution in [0.1, 0.15) is 30.1 Å². The average Bonchev–Trinajstić information content (AvgIpc) is 3.23. The number of nitrogens with two attached hydrogens (primary N) is 1. The van der Waals surface area contributed by atoms with Crippen molar-refractivity contribution >= 4 is 11.6 Å². The first-order valence-electron chi connectivity index (χ1n) is 6.80. The number of hydrogen-bond acceptors (Lipinski definition) is 7. The lowest BCUT2D eigenvalue weighted by atomic mass is 10.2. The number of aromatic nitrogens is 2. The van der Waals surface area contributed by atoms with Crippen LogP contribution in [0.2, 0.25) is 0 Å². The number of methoxy groups -OCH3 is 1. The number of hydrogen-bond donors (Lipinski definition) is 3. The van der Waals surface area contributed by atoms with Gasteiger partial charge >= 0.3 is 0 Å². The van der Waals surface area contributed by atoms with Gasteiger partial charge in [0.25, 0.3) is 0 Å². The van der Waals surface area contributed by atoms with Crippen molar-refractivity contribution in [2.24, 2.45) is 5.84 Å². The number of anilines is 2. The van der Waals surface area contributed by atoms with Gasteiger partial charge in [-0.05, 0) is 19.8 Å². The molecule has 0 aliphatic heterocycles. The topological polar surface area (TPSA) is 96.5 Å². The third kappa shape index (κ3) is 3.36. The van der Waals surface area contributed by atoms with Crippen molar-refractivity contribution in [2.75, 3.05) is 37.6 Å². The van der Waals surface area contributed by atoms with Crippen molar-refractivity contribution in [3.8, 4) is 0 Å². The molecule has 1 heterocycles. The molecule has 0 spiro atoms. The molecule has 1 aliphatic carbocycles. The number of nitrogens with zero attached hydrogens (tertiary/aromatic N) is 3. The van der Waals surface area contributed by atoms with Gasteiger partial charge in [-0.25, -0.2) is 15.8 Å². The molecule has 1 aromatic heterocycles. The predicted molar refractivity (Wildman–Crippen MR) is 77.7 cm³/mol. The maximum absolute atomic E-state index is 9.84. The Hall–Kier alpha value is -1.44. The molecule has 0 aromatic carbocycles. The number of aliphatic hydroxyl groups is 1. The van der Waals surface area contributed by atoms with Crippen LogP contribution < -0.4 is 16.2 Å². The molecule has 1 fully saturated rings. The molecule has 0 radical (unpaired) electrons. The zero-order valence-electron chi connectivity index (χ0n) is 12.3. The molecule has 1 aliphatic rings. The molecule has 2 rings (SSSR count). The zero-order chi connectivity index (χ0) is 14.7. The Morgan fingerprint density at radius 3 is 2.75 bits per heavy atom. The minimum atomic E-state index is -0.557. The number of nitrogen functional groups attached to an aromatic ring is 1. The largest absolute Gasteiger partial charge is 0.389 e. The minimum absolute atomic E-state index is 0.298. The molecular formula is C13H23N5O2. The number of ether oxygens (including phenoxy) is 1. The molecule has 1 saturated carbocycles. The van der Waals surface area contributed by atoms with Crippen molar-refractivity contribution < 1.29 is 9.84 Å². The van der Waals surface area contributed by atoms with Gasteiger partial charge in [0.1, 0.15) is 17.5 Å². The summed E-state index contributed by atoms with van der Waals surface area (Å²) in [6.07, 6.45) is 1.70. The number of rotatable bonds is 7. The van der Waals surface area contributed by atoms with Crippen LogP contribution in [0.15, 0.2) is 0 Å². The fourth-order valence-electron chi connectivity index (χ4n) is 2.21. The lowest BCUT2D eigenvalue weighted by Gasteiger charge is -2.24. The van der Waals surface area contributed by atoms with E-state index < -0.39 is 6.10 Å². The number of hydrazine groups is 1. The summed E-state index contributed by atoms with van der Waals surface area (Å²) in [6.45, 7) is 2.66. The quantitative estimate of drug-likeness (QED) is 0.491. The monoisotopic (exact) mass is 281 g/mol. The summed E-state index contributed by atoms with van der Waals surface area (Å²) in [5.41, 5.74) is 3.51. The first-order valence-corrected chi connectivity index (χ1v) is 6.80. The van der Waals surface area contributed by atoms with E-state index >= 15 is 0 Å². The van der Waals surface area contributed by atoms with E-state index in [1.165, 1.54) is 0 Å². The second-order valence-corrected chi connectivity index (χ2v) is 5.29. The molecule has 0 amide bonds. The smallest absolute Gasteiger partial charge is 0.148 e. The van der Waals surface area contributed by atoms with Crippen LogP contribution in [-0.2, 0) is 4.74 Å². The molecule has 7 heteroatoms. The predicted octanol–water partition coefficient (Wildman–Crippen LogP) is 0.392. The van der Waals surface area contributed by atoms with Gasteiger partial charge in [0.2, 0.25) is 0 Å². The highest BCUT2D eigenvalue weighted by atomic mass is 16.5. The minimum Gasteiger partial charge on any atom is -0.389 e. The Morgan fingerprint density at radius 1 is 1.50 bits per heavy atom. The van der Waals surface area contributed by atoms with E-state index in [9.17, 15) is 5.11 Å². The Bertz CT molecular complexity index is 464. The second-order valence-electron chi connectivity index (χ2n) is 5.29. The van der Waals surface area contributed by atoms with E-state index in [1.807, 2.05) is 18.9 Å². The molecule has 4 N–H and O–H groups in total. The van der Waals surface area contributed by atoms with E-state index in [-0.39, 0.29) is 0 Å². The maximum Gasteiger partial charge on any atom is 0.148 e. The molecule has 7 nitrogen and oxygen atoms in total. The normalized spacial score (nSPS) is 16.1. The molecule has 1 unspecified atom stereocenters. The van der Waals surface area contributed by atoms with Crippen LogP contribution in [0.4, 0.5) is 11.6 Å². The SMILES string of the molecule is COCC(O)CN(C)c1nc(C2CC2)nc(NN)c1C. The standard InChI is InChI=1S/C13H23N5O2/c1-8-11(17-14)15-12(9-4-5-9)16-13(8)18(2)6-10(19)7-20-3/h9-10,19H,4-7,14H2,1-3H3,(H,15,16,17). The molecule has 0 saturated heterocycles. The fraction of sp³-hybridized carbons (Fsp3) is 0.692. The first-order chi connectivity index (χ1) is 9.56. The average molecular weight is 281 g/mol. The third-order valence-corrected chi connectivity index (χ3v) is 3.42. The van der Waals surface area contributed by atoms with Crippen molar-refractivity contribution in [2.45, 2.75) is 31.8 Å². The zero-order valence-corrected chi connectivity index (χ0v) is 12.3. The van der Waals surface area contributed by atoms with Gasteiger partial charge < -0.3 is 20.2 Å². The summed E-state index contributed by atoms with van der Waals surface area (Å²) in [6, 6.07) is 0. The van der Waals surface area contributed by atoms with Crippen LogP contribution in [0, 0.1) is 6.92 Å². The van der Waals surface area contributed by atoms with Crippen molar-refractivity contribution in [3.63, 3.8) is 0 Å². The number of nitrogens with one attached hydrogen (secondary N) is 1. The Balaban J connectivity index is 2.22. The van der Waals surface area contributed by atoms with Gasteiger partial charge in [-0.1, -0.05) is 0 Å². The van der Waals surface area contributed by atoms with E-state index in [4.69, 9.17) is 10.6 Å². The van der Waals surface area contributed by atoms with E-state index in [0.717, 1.165) is 30.0 Å². The van der Waals surface area contributed by atoms with Crippen molar-refractivity contribution in [3.05, 3.63) is 11.4 Å². The highest BCUT2D eigenvalue weighted by molar-refractivity contribution is 5.58. The van der Waals surface area contributed by atoms with Crippen LogP contribution in [0.3, 0.4) is 0 Å². The number of likely N-dealkylation sites (N-methyl/N-ethyl adjacent to an activating group) is 1. The molecule has 20 heavy (non-hydrogen) atoms. The molecule has 1 aromatic rings. The summed E-state index contributed by atoms with van der Waals surface area (Å²) < 4.78 is 4.95. The van der Waals surface area contributed by atoms with E-state index in [0.29, 0.717) is 24.9 Å². The van der Waals surface area contributed by atoms with Gasteiger partial charge in [-0.2, -0.15) is 0 Å². The van der Waals surface area contributed by atoms with Crippen LogP contribution in [0.25, 0.3) is 0 Å². The fourth-order valence-corrected chi connectivity index (χ4v) is 2.21. The van der Waals surface area contributed by atoms with Gasteiger partial charge in [0.15, 0.2) is 0 Å². The summed E-state index contributed by atoms with van der Waals surface area (Å²) in [7, 11) is 3.46. The van der Waals surface area contributed by atoms with Crippen molar-refractivity contribution in [1.29, 1.82) is 0 Å². The van der Waals surface area contributed by atoms with Crippen molar-refractivity contribution in [1.82, 2.24) is 9.97 Å². The molecule has 1 atom stereocenters. The highest BCUT2D eigenvalue weighted by Gasteiger charge is 2.28. The summed E-state index contributed by atoms with van der Waals surface area (Å²) >= 11 is 0. The van der Waals surface area contributed by atoms with E-state index in [1.54, 1.807) is 7.11 Å². The summed E-state index contributed by atoms with van der Waals surface area (Å²) in [4.78, 5) is 11.0. The van der Waals surface area contributed by atoms with Gasteiger partial charge in [-0.15, -0.1) is 0 Å². The second kappa shape index (κ2) is 6.34. The number of aliphatic hydroxyl groups excluding tert-OH is 1. The first kappa shape index (κ1) is 15.0. The Labute approximate surface area is 119 Å². The molecule has 112 valence electrons. The van der Waals surface area contributed by atoms with Crippen LogP contribution in [0.5, 0.6) is 0 Å². The third-order valence-electron chi connectivity index (χ3n) is 3.42. The lowest BCUT2D eigenvalue weighted by molar-refractivity contribution is 0.0694. The summed E-state index contributed by atoms with van der Waals surface area (Å²) in [5.74, 6) is 8.24. The van der Waals surface area contributed by atoms with Crippen LogP contribution >= 0.6 is 0 Å². The Morgan fingerprint density at radius 2 is 2.20 bits per heavy atom. The van der Waals surface area contributed by atoms with Gasteiger partial charge in [0.05, 0.1) is 12.7 Å². The molecule has 0 bridgehead atoms. The van der Waals surface area contributed by atoms with E-state index in [2.05, 4.69) is 15.4 Å². The lowest BCUT2D eigenvalue weighted by Crippen LogP contribution is -2.33. The maximum atomic E-state index is 9.84.